The molecule has 0 N–H and O–H groups in total. The molecule has 4 heteroatoms. The highest BCUT2D eigenvalue weighted by atomic mass is 17.3. The zero-order chi connectivity index (χ0) is 9.19. The molecule has 0 aromatic carbocycles. The van der Waals surface area contributed by atoms with Crippen LogP contribution in [0.5, 0.6) is 0 Å². The summed E-state index contributed by atoms with van der Waals surface area (Å²) < 4.78 is 0. The second-order valence-corrected chi connectivity index (χ2v) is 3.05. The smallest absolute Gasteiger partial charge is 0.141 e. The van der Waals surface area contributed by atoms with Crippen LogP contribution in [0.4, 0.5) is 0 Å². The molecule has 0 aromatic rings. The first-order valence-electron chi connectivity index (χ1n) is 4.84. The lowest BCUT2D eigenvalue weighted by Crippen LogP contribution is -1.82. The molecule has 0 spiro atoms. The van der Waals surface area contributed by atoms with Crippen molar-refractivity contribution < 1.29 is 9.88 Å². The molecular weight excluding hydrogens is 168 g/mol. The molecule has 74 valence electrons. The van der Waals surface area contributed by atoms with Gasteiger partial charge >= 0.3 is 0 Å². The van der Waals surface area contributed by atoms with Gasteiger partial charge in [-0.3, -0.25) is 4.89 Å². The predicted molar refractivity (Wildman–Crippen MR) is 48.7 cm³/mol. The van der Waals surface area contributed by atoms with Gasteiger partial charge in [-0.2, -0.15) is 0 Å². The maximum absolute atomic E-state index is 4.61. The Kier molecular flexibility index (Phi) is 5.85. The SMILES string of the molecule is C1=COON=NCCCCCCC1. The minimum atomic E-state index is 0.729. The van der Waals surface area contributed by atoms with Crippen LogP contribution in [-0.2, 0) is 9.88 Å². The van der Waals surface area contributed by atoms with Crippen LogP contribution in [0, 0.1) is 0 Å². The summed E-state index contributed by atoms with van der Waals surface area (Å²) in [6.07, 6.45) is 10.6. The van der Waals surface area contributed by atoms with E-state index in [1.165, 1.54) is 31.9 Å². The van der Waals surface area contributed by atoms with Crippen LogP contribution in [0.25, 0.3) is 0 Å². The van der Waals surface area contributed by atoms with Gasteiger partial charge in [-0.05, 0) is 25.3 Å². The topological polar surface area (TPSA) is 43.2 Å². The van der Waals surface area contributed by atoms with Gasteiger partial charge in [0.15, 0.2) is 0 Å². The number of rotatable bonds is 0. The molecule has 0 aliphatic carbocycles. The van der Waals surface area contributed by atoms with Gasteiger partial charge in [-0.25, -0.2) is 0 Å². The molecule has 0 amide bonds. The van der Waals surface area contributed by atoms with Crippen molar-refractivity contribution in [3.63, 3.8) is 0 Å². The van der Waals surface area contributed by atoms with Gasteiger partial charge in [0.05, 0.1) is 11.8 Å². The third kappa shape index (κ3) is 6.13. The molecule has 1 aliphatic heterocycles. The highest BCUT2D eigenvalue weighted by Crippen LogP contribution is 2.06. The van der Waals surface area contributed by atoms with Crippen LogP contribution in [0.15, 0.2) is 22.7 Å². The van der Waals surface area contributed by atoms with E-state index in [1.54, 1.807) is 0 Å². The third-order valence-electron chi connectivity index (χ3n) is 1.91. The van der Waals surface area contributed by atoms with Crippen molar-refractivity contribution in [3.8, 4) is 0 Å². The quantitative estimate of drug-likeness (QED) is 0.543. The average Bonchev–Trinajstić information content (AvgIpc) is 2.18. The Labute approximate surface area is 78.5 Å². The lowest BCUT2D eigenvalue weighted by molar-refractivity contribution is -0.257. The van der Waals surface area contributed by atoms with Gasteiger partial charge in [0.1, 0.15) is 6.26 Å². The Hall–Kier alpha value is -1.06. The summed E-state index contributed by atoms with van der Waals surface area (Å²) in [6, 6.07) is 0. The van der Waals surface area contributed by atoms with E-state index in [2.05, 4.69) is 20.3 Å². The molecule has 4 nitrogen and oxygen atoms in total. The van der Waals surface area contributed by atoms with Crippen molar-refractivity contribution in [1.29, 1.82) is 0 Å². The summed E-state index contributed by atoms with van der Waals surface area (Å²) in [7, 11) is 0. The molecule has 1 aliphatic rings. The second kappa shape index (κ2) is 7.58. The van der Waals surface area contributed by atoms with Crippen LogP contribution in [0.1, 0.15) is 38.5 Å². The minimum absolute atomic E-state index is 0.729. The Morgan fingerprint density at radius 3 is 2.85 bits per heavy atom. The molecule has 0 unspecified atom stereocenters. The third-order valence-corrected chi connectivity index (χ3v) is 1.91. The molecule has 13 heavy (non-hydrogen) atoms. The summed E-state index contributed by atoms with van der Waals surface area (Å²) in [6.45, 7) is 0.729. The number of nitrogens with zero attached hydrogens (tertiary/aromatic N) is 2. The van der Waals surface area contributed by atoms with Crippen molar-refractivity contribution in [2.45, 2.75) is 38.5 Å². The average molecular weight is 184 g/mol. The second-order valence-electron chi connectivity index (χ2n) is 3.05. The molecule has 1 heterocycles. The number of allylic oxidation sites excluding steroid dienone is 1. The molecule has 0 aromatic heterocycles. The van der Waals surface area contributed by atoms with Crippen molar-refractivity contribution in [3.05, 3.63) is 12.3 Å². The molecule has 0 fully saturated rings. The molecular formula is C9H16N2O2. The monoisotopic (exact) mass is 184 g/mol. The van der Waals surface area contributed by atoms with Crippen LogP contribution < -0.4 is 0 Å². The zero-order valence-corrected chi connectivity index (χ0v) is 7.82. The molecule has 0 bridgehead atoms. The minimum Gasteiger partial charge on any atom is -0.274 e. The van der Waals surface area contributed by atoms with Gasteiger partial charge < -0.3 is 0 Å². The number of hydrogen-bond donors (Lipinski definition) is 0. The van der Waals surface area contributed by atoms with Crippen molar-refractivity contribution in [2.24, 2.45) is 10.4 Å². The standard InChI is InChI=1S/C9H16N2O2/c1-2-4-6-8-10-11-13-12-9-7-5-3-1/h7,9H,1-6,8H2. The van der Waals surface area contributed by atoms with E-state index < -0.39 is 0 Å². The molecule has 1 rings (SSSR count). The van der Waals surface area contributed by atoms with Gasteiger partial charge in [0.25, 0.3) is 0 Å². The van der Waals surface area contributed by atoms with E-state index in [0.29, 0.717) is 0 Å². The molecule has 0 atom stereocenters. The molecule has 0 radical (unpaired) electrons. The Bertz CT molecular complexity index is 151. The molecule has 0 saturated heterocycles. The Morgan fingerprint density at radius 1 is 1.00 bits per heavy atom. The van der Waals surface area contributed by atoms with E-state index in [1.807, 2.05) is 6.08 Å². The summed E-state index contributed by atoms with van der Waals surface area (Å²) in [5, 5.41) is 7.17. The first kappa shape index (κ1) is 10.0. The van der Waals surface area contributed by atoms with Gasteiger partial charge in [0.2, 0.25) is 0 Å². The summed E-state index contributed by atoms with van der Waals surface area (Å²) in [4.78, 5) is 9.02. The summed E-state index contributed by atoms with van der Waals surface area (Å²) >= 11 is 0. The van der Waals surface area contributed by atoms with Crippen LogP contribution in [-0.4, -0.2) is 6.54 Å². The van der Waals surface area contributed by atoms with Gasteiger partial charge in [-0.15, -0.1) is 10.1 Å². The van der Waals surface area contributed by atoms with Gasteiger partial charge in [-0.1, -0.05) is 19.3 Å². The van der Waals surface area contributed by atoms with Crippen LogP contribution in [0.2, 0.25) is 0 Å². The molecule has 0 saturated carbocycles. The lowest BCUT2D eigenvalue weighted by atomic mass is 10.1. The van der Waals surface area contributed by atoms with Gasteiger partial charge in [0, 0.05) is 0 Å². The largest absolute Gasteiger partial charge is 0.274 e. The maximum atomic E-state index is 4.61. The van der Waals surface area contributed by atoms with Crippen molar-refractivity contribution in [2.75, 3.05) is 6.54 Å². The van der Waals surface area contributed by atoms with E-state index in [0.717, 1.165) is 19.4 Å². The Morgan fingerprint density at radius 2 is 1.85 bits per heavy atom. The first-order chi connectivity index (χ1) is 6.50. The van der Waals surface area contributed by atoms with Crippen LogP contribution in [0.3, 0.4) is 0 Å². The van der Waals surface area contributed by atoms with Crippen molar-refractivity contribution in [1.82, 2.24) is 0 Å². The van der Waals surface area contributed by atoms with Crippen molar-refractivity contribution >= 4 is 0 Å². The first-order valence-corrected chi connectivity index (χ1v) is 4.84. The highest BCUT2D eigenvalue weighted by Gasteiger charge is 1.90. The van der Waals surface area contributed by atoms with E-state index >= 15 is 0 Å². The fourth-order valence-corrected chi connectivity index (χ4v) is 1.19. The fourth-order valence-electron chi connectivity index (χ4n) is 1.19. The van der Waals surface area contributed by atoms with E-state index in [-0.39, 0.29) is 0 Å². The van der Waals surface area contributed by atoms with E-state index in [4.69, 9.17) is 0 Å². The lowest BCUT2D eigenvalue weighted by Gasteiger charge is -1.96. The number of hydrogen-bond acceptors (Lipinski definition) is 4. The normalized spacial score (nSPS) is 20.3. The highest BCUT2D eigenvalue weighted by molar-refractivity contribution is 4.71. The predicted octanol–water partition coefficient (Wildman–Crippen LogP) is 3.17. The zero-order valence-electron chi connectivity index (χ0n) is 7.82. The Balaban J connectivity index is 2.18. The van der Waals surface area contributed by atoms with E-state index in [9.17, 15) is 0 Å². The summed E-state index contributed by atoms with van der Waals surface area (Å²) in [5.41, 5.74) is 0. The fraction of sp³-hybridized carbons (Fsp3) is 0.778. The van der Waals surface area contributed by atoms with Crippen LogP contribution >= 0.6 is 0 Å². The summed E-state index contributed by atoms with van der Waals surface area (Å²) in [5.74, 6) is 0. The maximum Gasteiger partial charge on any atom is 0.141 e.